The zero-order valence-corrected chi connectivity index (χ0v) is 20.0. The average Bonchev–Trinajstić information content (AvgIpc) is 2.82. The van der Waals surface area contributed by atoms with E-state index >= 15 is 0 Å². The summed E-state index contributed by atoms with van der Waals surface area (Å²) in [4.78, 5) is 12.6. The molecule has 0 fully saturated rings. The molecule has 9 heteroatoms. The molecule has 0 spiro atoms. The number of para-hydroxylation sites is 1. The van der Waals surface area contributed by atoms with E-state index in [4.69, 9.17) is 20.5 Å². The second kappa shape index (κ2) is 10.9. The second-order valence-electron chi connectivity index (χ2n) is 7.05. The van der Waals surface area contributed by atoms with E-state index in [1.807, 2.05) is 25.1 Å². The fraction of sp³-hybridized carbons (Fsp3) is 0.120. The van der Waals surface area contributed by atoms with Crippen LogP contribution in [0.2, 0.25) is 5.02 Å². The first-order valence-corrected chi connectivity index (χ1v) is 12.0. The highest BCUT2D eigenvalue weighted by Gasteiger charge is 2.22. The van der Waals surface area contributed by atoms with E-state index < -0.39 is 16.0 Å². The predicted molar refractivity (Wildman–Crippen MR) is 130 cm³/mol. The molecule has 0 heterocycles. The minimum atomic E-state index is -4.17. The second-order valence-corrected chi connectivity index (χ2v) is 9.01. The number of benzene rings is 3. The Balaban J connectivity index is 1.95. The number of nitriles is 1. The van der Waals surface area contributed by atoms with Crippen molar-refractivity contribution in [3.8, 4) is 17.6 Å². The number of anilines is 1. The van der Waals surface area contributed by atoms with E-state index in [0.717, 1.165) is 5.56 Å². The molecule has 0 aliphatic heterocycles. The molecule has 0 unspecified atom stereocenters. The minimum absolute atomic E-state index is 0.0443. The molecule has 0 aliphatic rings. The number of hydrogen-bond acceptors (Lipinski definition) is 6. The summed E-state index contributed by atoms with van der Waals surface area (Å²) in [6.07, 6.45) is 1.33. The molecule has 0 aliphatic carbocycles. The van der Waals surface area contributed by atoms with Crippen LogP contribution in [0.5, 0.6) is 11.5 Å². The summed E-state index contributed by atoms with van der Waals surface area (Å²) in [7, 11) is -4.17. The zero-order chi connectivity index (χ0) is 24.7. The standard InChI is InChI=1S/C25H21ClN2O5S/c1-3-32-23-15-18(13-19(16-27)25(29)28-22-12-8-7-9-17(22)2)14-21(26)24(23)33-34(30,31)20-10-5-4-6-11-20/h4-15H,3H2,1-2H3,(H,28,29)/b19-13+. The Bertz CT molecular complexity index is 1380. The van der Waals surface area contributed by atoms with Crippen LogP contribution in [0.4, 0.5) is 5.69 Å². The molecule has 0 aromatic heterocycles. The van der Waals surface area contributed by atoms with Gasteiger partial charge in [-0.1, -0.05) is 48.0 Å². The van der Waals surface area contributed by atoms with Gasteiger partial charge in [0.2, 0.25) is 5.75 Å². The van der Waals surface area contributed by atoms with Gasteiger partial charge in [-0.15, -0.1) is 0 Å². The van der Waals surface area contributed by atoms with Crippen LogP contribution in [0, 0.1) is 18.3 Å². The van der Waals surface area contributed by atoms with Crippen LogP contribution in [-0.4, -0.2) is 20.9 Å². The van der Waals surface area contributed by atoms with Crippen LogP contribution in [0.1, 0.15) is 18.1 Å². The summed E-state index contributed by atoms with van der Waals surface area (Å²) in [5.41, 5.74) is 1.61. The monoisotopic (exact) mass is 496 g/mol. The van der Waals surface area contributed by atoms with Crippen molar-refractivity contribution in [2.45, 2.75) is 18.7 Å². The van der Waals surface area contributed by atoms with Gasteiger partial charge < -0.3 is 14.2 Å². The molecule has 0 saturated carbocycles. The van der Waals surface area contributed by atoms with Crippen molar-refractivity contribution in [2.75, 3.05) is 11.9 Å². The lowest BCUT2D eigenvalue weighted by Gasteiger charge is -2.14. The van der Waals surface area contributed by atoms with Crippen molar-refractivity contribution in [1.82, 2.24) is 0 Å². The van der Waals surface area contributed by atoms with Gasteiger partial charge in [-0.05, 0) is 61.4 Å². The molecule has 3 rings (SSSR count). The van der Waals surface area contributed by atoms with E-state index in [0.29, 0.717) is 11.3 Å². The number of carbonyl (C=O) groups excluding carboxylic acids is 1. The van der Waals surface area contributed by atoms with Gasteiger partial charge in [0, 0.05) is 5.69 Å². The summed E-state index contributed by atoms with van der Waals surface area (Å²) < 4.78 is 36.2. The van der Waals surface area contributed by atoms with E-state index in [1.165, 1.54) is 30.3 Å². The maximum Gasteiger partial charge on any atom is 0.339 e. The number of ether oxygens (including phenoxy) is 1. The first kappa shape index (κ1) is 24.8. The Labute approximate surface area is 203 Å². The molecule has 7 nitrogen and oxygen atoms in total. The number of nitrogens with zero attached hydrogens (tertiary/aromatic N) is 1. The van der Waals surface area contributed by atoms with E-state index in [9.17, 15) is 18.5 Å². The maximum atomic E-state index is 12.7. The van der Waals surface area contributed by atoms with Crippen LogP contribution in [0.3, 0.4) is 0 Å². The Morgan fingerprint density at radius 3 is 2.44 bits per heavy atom. The van der Waals surface area contributed by atoms with Crippen molar-refractivity contribution in [3.63, 3.8) is 0 Å². The van der Waals surface area contributed by atoms with Gasteiger partial charge in [0.1, 0.15) is 16.5 Å². The van der Waals surface area contributed by atoms with E-state index in [-0.39, 0.29) is 33.6 Å². The van der Waals surface area contributed by atoms with Crippen molar-refractivity contribution in [1.29, 1.82) is 5.26 Å². The number of amides is 1. The molecule has 1 amide bonds. The molecule has 0 atom stereocenters. The maximum absolute atomic E-state index is 12.7. The number of rotatable bonds is 8. The molecular weight excluding hydrogens is 476 g/mol. The highest BCUT2D eigenvalue weighted by Crippen LogP contribution is 2.39. The molecule has 0 saturated heterocycles. The van der Waals surface area contributed by atoms with Crippen LogP contribution in [0.15, 0.2) is 77.2 Å². The lowest BCUT2D eigenvalue weighted by Crippen LogP contribution is -2.14. The lowest BCUT2D eigenvalue weighted by molar-refractivity contribution is -0.112. The van der Waals surface area contributed by atoms with Crippen LogP contribution < -0.4 is 14.2 Å². The molecule has 3 aromatic rings. The lowest BCUT2D eigenvalue weighted by atomic mass is 10.1. The van der Waals surface area contributed by atoms with Crippen LogP contribution >= 0.6 is 11.6 Å². The molecule has 0 radical (unpaired) electrons. The predicted octanol–water partition coefficient (Wildman–Crippen LogP) is 5.36. The Morgan fingerprint density at radius 1 is 1.12 bits per heavy atom. The van der Waals surface area contributed by atoms with E-state index in [2.05, 4.69) is 5.32 Å². The van der Waals surface area contributed by atoms with Gasteiger partial charge in [-0.3, -0.25) is 4.79 Å². The average molecular weight is 497 g/mol. The fourth-order valence-corrected chi connectivity index (χ4v) is 4.26. The van der Waals surface area contributed by atoms with Gasteiger partial charge in [-0.25, -0.2) is 0 Å². The van der Waals surface area contributed by atoms with Gasteiger partial charge in [0.25, 0.3) is 5.91 Å². The van der Waals surface area contributed by atoms with Gasteiger partial charge >= 0.3 is 10.1 Å². The molecule has 3 aromatic carbocycles. The Morgan fingerprint density at radius 2 is 1.79 bits per heavy atom. The SMILES string of the molecule is CCOc1cc(/C=C(\C#N)C(=O)Nc2ccccc2C)cc(Cl)c1OS(=O)(=O)c1ccccc1. The topological polar surface area (TPSA) is 105 Å². The van der Waals surface area contributed by atoms with Crippen molar-refractivity contribution < 1.29 is 22.1 Å². The smallest absolute Gasteiger partial charge is 0.339 e. The largest absolute Gasteiger partial charge is 0.490 e. The van der Waals surface area contributed by atoms with Crippen molar-refractivity contribution in [3.05, 3.63) is 88.5 Å². The fourth-order valence-electron chi connectivity index (χ4n) is 2.98. The summed E-state index contributed by atoms with van der Waals surface area (Å²) >= 11 is 6.34. The molecule has 174 valence electrons. The summed E-state index contributed by atoms with van der Waals surface area (Å²) in [6.45, 7) is 3.74. The van der Waals surface area contributed by atoms with Crippen molar-refractivity contribution >= 4 is 39.4 Å². The van der Waals surface area contributed by atoms with Crippen LogP contribution in [-0.2, 0) is 14.9 Å². The third-order valence-corrected chi connectivity index (χ3v) is 6.14. The number of hydrogen-bond donors (Lipinski definition) is 1. The number of halogens is 1. The first-order valence-electron chi connectivity index (χ1n) is 10.2. The number of nitrogens with one attached hydrogen (secondary N) is 1. The Kier molecular flexibility index (Phi) is 7.95. The zero-order valence-electron chi connectivity index (χ0n) is 18.4. The Hall–Kier alpha value is -3.80. The molecule has 0 bridgehead atoms. The van der Waals surface area contributed by atoms with E-state index in [1.54, 1.807) is 37.3 Å². The quantitative estimate of drug-likeness (QED) is 0.255. The normalized spacial score (nSPS) is 11.4. The molecule has 1 N–H and O–H groups in total. The molecule has 34 heavy (non-hydrogen) atoms. The minimum Gasteiger partial charge on any atom is -0.490 e. The van der Waals surface area contributed by atoms with Crippen LogP contribution in [0.25, 0.3) is 6.08 Å². The third-order valence-electron chi connectivity index (χ3n) is 4.63. The van der Waals surface area contributed by atoms with Gasteiger partial charge in [0.15, 0.2) is 5.75 Å². The highest BCUT2D eigenvalue weighted by atomic mass is 35.5. The number of aryl methyl sites for hydroxylation is 1. The number of carbonyl (C=O) groups is 1. The van der Waals surface area contributed by atoms with Crippen molar-refractivity contribution in [2.24, 2.45) is 0 Å². The van der Waals surface area contributed by atoms with Gasteiger partial charge in [0.05, 0.1) is 11.6 Å². The summed E-state index contributed by atoms with van der Waals surface area (Å²) in [5, 5.41) is 12.2. The van der Waals surface area contributed by atoms with Gasteiger partial charge in [-0.2, -0.15) is 13.7 Å². The summed E-state index contributed by atoms with van der Waals surface area (Å²) in [6, 6.07) is 19.5. The third kappa shape index (κ3) is 5.95. The molecular formula is C25H21ClN2O5S. The summed E-state index contributed by atoms with van der Waals surface area (Å²) in [5.74, 6) is -0.734. The highest BCUT2D eigenvalue weighted by molar-refractivity contribution is 7.87. The first-order chi connectivity index (χ1) is 16.2.